The van der Waals surface area contributed by atoms with Gasteiger partial charge in [-0.1, -0.05) is 0 Å². The number of ether oxygens (including phenoxy) is 2. The van der Waals surface area contributed by atoms with Crippen LogP contribution in [0.5, 0.6) is 11.5 Å². The molecule has 8 heteroatoms. The Bertz CT molecular complexity index is 825. The number of nitrogens with one attached hydrogen (secondary N) is 1. The quantitative estimate of drug-likeness (QED) is 0.735. The van der Waals surface area contributed by atoms with Crippen molar-refractivity contribution in [3.05, 3.63) is 59.7 Å². The van der Waals surface area contributed by atoms with Gasteiger partial charge >= 0.3 is 5.97 Å². The Morgan fingerprint density at radius 3 is 2.37 bits per heavy atom. The highest BCUT2D eigenvalue weighted by atomic mass is 19.1. The van der Waals surface area contributed by atoms with Crippen molar-refractivity contribution >= 4 is 11.9 Å². The van der Waals surface area contributed by atoms with Crippen LogP contribution >= 0.6 is 0 Å². The van der Waals surface area contributed by atoms with Crippen LogP contribution in [0.3, 0.4) is 0 Å². The van der Waals surface area contributed by atoms with E-state index in [-0.39, 0.29) is 30.1 Å². The van der Waals surface area contributed by atoms with E-state index in [0.29, 0.717) is 6.07 Å². The molecule has 6 nitrogen and oxygen atoms in total. The molecule has 1 amide bonds. The Hall–Kier alpha value is -3.00. The van der Waals surface area contributed by atoms with Gasteiger partial charge in [-0.25, -0.2) is 8.78 Å². The summed E-state index contributed by atoms with van der Waals surface area (Å²) in [5.41, 5.74) is -0.820. The number of hydrogen-bond acceptors (Lipinski definition) is 4. The van der Waals surface area contributed by atoms with Crippen LogP contribution in [0, 0.1) is 11.6 Å². The summed E-state index contributed by atoms with van der Waals surface area (Å²) < 4.78 is 36.8. The molecule has 0 fully saturated rings. The number of rotatable bonds is 8. The molecule has 144 valence electrons. The molecule has 0 saturated heterocycles. The van der Waals surface area contributed by atoms with E-state index in [1.807, 2.05) is 0 Å². The molecule has 0 aliphatic carbocycles. The van der Waals surface area contributed by atoms with Gasteiger partial charge < -0.3 is 19.9 Å². The summed E-state index contributed by atoms with van der Waals surface area (Å²) >= 11 is 0. The van der Waals surface area contributed by atoms with Crippen molar-refractivity contribution in [3.63, 3.8) is 0 Å². The van der Waals surface area contributed by atoms with Gasteiger partial charge in [0.05, 0.1) is 18.6 Å². The van der Waals surface area contributed by atoms with Gasteiger partial charge in [-0.15, -0.1) is 0 Å². The zero-order valence-corrected chi connectivity index (χ0v) is 14.8. The summed E-state index contributed by atoms with van der Waals surface area (Å²) in [6.45, 7) is 1.59. The molecule has 0 spiro atoms. The number of carbonyl (C=O) groups is 2. The molecule has 2 N–H and O–H groups in total. The second-order valence-corrected chi connectivity index (χ2v) is 6.22. The summed E-state index contributed by atoms with van der Waals surface area (Å²) in [6, 6.07) is 8.72. The average molecular weight is 379 g/mol. The first-order chi connectivity index (χ1) is 12.7. The molecular formula is C19H19F2NO5. The molecule has 0 heterocycles. The molecule has 0 aromatic heterocycles. The van der Waals surface area contributed by atoms with Crippen molar-refractivity contribution in [2.24, 2.45) is 0 Å². The number of carboxylic acids is 1. The first-order valence-corrected chi connectivity index (χ1v) is 7.99. The Kier molecular flexibility index (Phi) is 6.46. The molecule has 0 radical (unpaired) electrons. The first-order valence-electron chi connectivity index (χ1n) is 7.99. The van der Waals surface area contributed by atoms with Gasteiger partial charge in [0.15, 0.2) is 11.6 Å². The third-order valence-corrected chi connectivity index (χ3v) is 3.66. The lowest BCUT2D eigenvalue weighted by molar-refractivity contribution is -0.139. The van der Waals surface area contributed by atoms with Crippen molar-refractivity contribution in [2.45, 2.75) is 18.9 Å². The lowest BCUT2D eigenvalue weighted by Gasteiger charge is -2.28. The summed E-state index contributed by atoms with van der Waals surface area (Å²) in [6.07, 6.45) is -0.308. The van der Waals surface area contributed by atoms with Crippen molar-refractivity contribution in [1.82, 2.24) is 5.32 Å². The van der Waals surface area contributed by atoms with Crippen LogP contribution in [0.15, 0.2) is 42.5 Å². The monoisotopic (exact) mass is 379 g/mol. The lowest BCUT2D eigenvalue weighted by Crippen LogP contribution is -2.50. The van der Waals surface area contributed by atoms with Crippen LogP contribution in [-0.2, 0) is 9.53 Å². The van der Waals surface area contributed by atoms with Gasteiger partial charge in [-0.2, -0.15) is 0 Å². The molecule has 0 saturated carbocycles. The van der Waals surface area contributed by atoms with Gasteiger partial charge in [0, 0.05) is 18.7 Å². The van der Waals surface area contributed by atoms with Crippen LogP contribution in [-0.4, -0.2) is 36.2 Å². The third-order valence-electron chi connectivity index (χ3n) is 3.66. The van der Waals surface area contributed by atoms with Gasteiger partial charge in [0.25, 0.3) is 5.91 Å². The van der Waals surface area contributed by atoms with Crippen LogP contribution in [0.25, 0.3) is 0 Å². The summed E-state index contributed by atoms with van der Waals surface area (Å²) in [5, 5.41) is 11.6. The molecule has 27 heavy (non-hydrogen) atoms. The number of aliphatic carboxylic acids is 1. The third kappa shape index (κ3) is 5.75. The van der Waals surface area contributed by atoms with Gasteiger partial charge in [0.2, 0.25) is 0 Å². The largest absolute Gasteiger partial charge is 0.481 e. The molecule has 0 aliphatic rings. The Labute approximate surface area is 154 Å². The fourth-order valence-electron chi connectivity index (χ4n) is 2.49. The zero-order chi connectivity index (χ0) is 20.0. The van der Waals surface area contributed by atoms with Gasteiger partial charge in [-0.3, -0.25) is 9.59 Å². The van der Waals surface area contributed by atoms with Crippen molar-refractivity contribution in [1.29, 1.82) is 0 Å². The highest BCUT2D eigenvalue weighted by molar-refractivity contribution is 5.95. The topological polar surface area (TPSA) is 84.9 Å². The molecule has 0 aliphatic heterocycles. The normalized spacial score (nSPS) is 12.9. The Balaban J connectivity index is 2.09. The molecule has 1 atom stereocenters. The van der Waals surface area contributed by atoms with Crippen LogP contribution in [0.1, 0.15) is 23.7 Å². The minimum Gasteiger partial charge on any atom is -0.481 e. The number of benzene rings is 2. The van der Waals surface area contributed by atoms with Gasteiger partial charge in [0.1, 0.15) is 11.6 Å². The highest BCUT2D eigenvalue weighted by Gasteiger charge is 2.30. The summed E-state index contributed by atoms with van der Waals surface area (Å²) in [5.74, 6) is -3.02. The van der Waals surface area contributed by atoms with E-state index >= 15 is 0 Å². The summed E-state index contributed by atoms with van der Waals surface area (Å²) in [4.78, 5) is 23.4. The van der Waals surface area contributed by atoms with Crippen molar-refractivity contribution in [2.75, 3.05) is 13.7 Å². The number of halogens is 2. The van der Waals surface area contributed by atoms with E-state index in [2.05, 4.69) is 5.32 Å². The maximum Gasteiger partial charge on any atom is 0.305 e. The molecule has 2 aromatic carbocycles. The van der Waals surface area contributed by atoms with E-state index in [9.17, 15) is 18.4 Å². The zero-order valence-electron chi connectivity index (χ0n) is 14.8. The fourth-order valence-corrected chi connectivity index (χ4v) is 2.49. The summed E-state index contributed by atoms with van der Waals surface area (Å²) in [7, 11) is 1.41. The second-order valence-electron chi connectivity index (χ2n) is 6.22. The van der Waals surface area contributed by atoms with Crippen LogP contribution < -0.4 is 10.1 Å². The fraction of sp³-hybridized carbons (Fsp3) is 0.263. The van der Waals surface area contributed by atoms with E-state index in [0.717, 1.165) is 12.1 Å². The van der Waals surface area contributed by atoms with Gasteiger partial charge in [-0.05, 0) is 43.3 Å². The van der Waals surface area contributed by atoms with Crippen LogP contribution in [0.2, 0.25) is 0 Å². The van der Waals surface area contributed by atoms with E-state index in [1.165, 1.54) is 31.4 Å². The number of carbonyl (C=O) groups excluding carboxylic acids is 1. The van der Waals surface area contributed by atoms with E-state index in [1.54, 1.807) is 6.92 Å². The predicted octanol–water partition coefficient (Wildman–Crippen LogP) is 3.37. The maximum atomic E-state index is 13.6. The second kappa shape index (κ2) is 8.59. The number of hydrogen-bond donors (Lipinski definition) is 2. The lowest BCUT2D eigenvalue weighted by atomic mass is 9.98. The first kappa shape index (κ1) is 20.3. The Morgan fingerprint density at radius 1 is 1.15 bits per heavy atom. The minimum atomic E-state index is -1.08. The standard InChI is InChI=1S/C19H19F2NO5/c1-19(11-26-2,10-17(23)24)22-18(25)12-3-6-14(7-4-12)27-16-8-5-13(20)9-15(16)21/h3-9H,10-11H2,1-2H3,(H,22,25)(H,23,24). The van der Waals surface area contributed by atoms with Crippen molar-refractivity contribution in [3.8, 4) is 11.5 Å². The number of methoxy groups -OCH3 is 1. The molecule has 2 rings (SSSR count). The number of amides is 1. The predicted molar refractivity (Wildman–Crippen MR) is 92.9 cm³/mol. The maximum absolute atomic E-state index is 13.6. The molecule has 0 bridgehead atoms. The minimum absolute atomic E-state index is 0.0239. The van der Waals surface area contributed by atoms with Crippen molar-refractivity contribution < 1.29 is 33.0 Å². The number of carboxylic acid groups (broad SMARTS) is 1. The SMILES string of the molecule is COCC(C)(CC(=O)O)NC(=O)c1ccc(Oc2ccc(F)cc2F)cc1. The molecular weight excluding hydrogens is 360 g/mol. The smallest absolute Gasteiger partial charge is 0.305 e. The van der Waals surface area contributed by atoms with E-state index < -0.39 is 29.0 Å². The average Bonchev–Trinajstić information content (AvgIpc) is 2.57. The molecule has 2 aromatic rings. The van der Waals surface area contributed by atoms with E-state index in [4.69, 9.17) is 14.6 Å². The Morgan fingerprint density at radius 2 is 1.81 bits per heavy atom. The van der Waals surface area contributed by atoms with Crippen LogP contribution in [0.4, 0.5) is 8.78 Å². The molecule has 1 unspecified atom stereocenters. The highest BCUT2D eigenvalue weighted by Crippen LogP contribution is 2.25.